The molecule has 24 heavy (non-hydrogen) atoms. The third-order valence-electron chi connectivity index (χ3n) is 2.81. The molecule has 2 aromatic rings. The van der Waals surface area contributed by atoms with E-state index in [9.17, 15) is 18.0 Å². The number of anilines is 1. The number of rotatable bonds is 4. The van der Waals surface area contributed by atoms with E-state index in [2.05, 4.69) is 5.32 Å². The van der Waals surface area contributed by atoms with Crippen LogP contribution in [0, 0.1) is 0 Å². The zero-order chi connectivity index (χ0) is 17.9. The number of amides is 1. The minimum atomic E-state index is -4.50. The van der Waals surface area contributed by atoms with E-state index in [4.69, 9.17) is 39.5 Å². The zero-order valence-electron chi connectivity index (χ0n) is 11.8. The highest BCUT2D eigenvalue weighted by molar-refractivity contribution is 6.43. The fraction of sp³-hybridized carbons (Fsp3) is 0.133. The van der Waals surface area contributed by atoms with Crippen molar-refractivity contribution in [2.75, 3.05) is 11.9 Å². The van der Waals surface area contributed by atoms with Gasteiger partial charge < -0.3 is 10.1 Å². The monoisotopic (exact) mass is 397 g/mol. The summed E-state index contributed by atoms with van der Waals surface area (Å²) in [6.45, 7) is -0.464. The van der Waals surface area contributed by atoms with Gasteiger partial charge >= 0.3 is 6.18 Å². The number of ether oxygens (including phenoxy) is 1. The summed E-state index contributed by atoms with van der Waals surface area (Å²) >= 11 is 17.5. The molecule has 0 aliphatic heterocycles. The molecule has 0 aromatic heterocycles. The molecule has 0 aliphatic rings. The molecule has 0 bridgehead atoms. The van der Waals surface area contributed by atoms with E-state index >= 15 is 0 Å². The first-order valence-electron chi connectivity index (χ1n) is 6.41. The second-order valence-electron chi connectivity index (χ2n) is 4.61. The Hall–Kier alpha value is -1.63. The predicted molar refractivity (Wildman–Crippen MR) is 87.0 cm³/mol. The molecule has 1 N–H and O–H groups in total. The van der Waals surface area contributed by atoms with Crippen LogP contribution in [0.15, 0.2) is 36.4 Å². The molecule has 1 amide bonds. The zero-order valence-corrected chi connectivity index (χ0v) is 14.0. The fourth-order valence-electron chi connectivity index (χ4n) is 1.73. The van der Waals surface area contributed by atoms with E-state index in [1.54, 1.807) is 0 Å². The first-order chi connectivity index (χ1) is 11.2. The molecule has 2 rings (SSSR count). The van der Waals surface area contributed by atoms with Crippen LogP contribution in [-0.2, 0) is 11.0 Å². The highest BCUT2D eigenvalue weighted by Gasteiger charge is 2.30. The fourth-order valence-corrected chi connectivity index (χ4v) is 2.32. The first-order valence-corrected chi connectivity index (χ1v) is 7.54. The average molecular weight is 399 g/mol. The Morgan fingerprint density at radius 1 is 1.04 bits per heavy atom. The van der Waals surface area contributed by atoms with E-state index in [-0.39, 0.29) is 26.5 Å². The van der Waals surface area contributed by atoms with Gasteiger partial charge in [-0.2, -0.15) is 13.2 Å². The van der Waals surface area contributed by atoms with Gasteiger partial charge in [-0.25, -0.2) is 0 Å². The molecule has 0 saturated heterocycles. The number of carbonyl (C=O) groups is 1. The average Bonchev–Trinajstić information content (AvgIpc) is 2.49. The Morgan fingerprint density at radius 3 is 2.38 bits per heavy atom. The number of halogens is 6. The number of alkyl halides is 3. The van der Waals surface area contributed by atoms with Crippen LogP contribution in [0.5, 0.6) is 5.75 Å². The van der Waals surface area contributed by atoms with Crippen LogP contribution in [0.4, 0.5) is 18.9 Å². The highest BCUT2D eigenvalue weighted by atomic mass is 35.5. The van der Waals surface area contributed by atoms with Gasteiger partial charge in [-0.1, -0.05) is 40.9 Å². The first kappa shape index (κ1) is 18.7. The second-order valence-corrected chi connectivity index (χ2v) is 5.83. The van der Waals surface area contributed by atoms with Crippen molar-refractivity contribution >= 4 is 46.4 Å². The highest BCUT2D eigenvalue weighted by Crippen LogP contribution is 2.34. The lowest BCUT2D eigenvalue weighted by Crippen LogP contribution is -2.20. The normalized spacial score (nSPS) is 11.2. The van der Waals surface area contributed by atoms with Gasteiger partial charge in [-0.3, -0.25) is 4.79 Å². The largest absolute Gasteiger partial charge is 0.482 e. The van der Waals surface area contributed by atoms with E-state index in [1.807, 2.05) is 0 Å². The Labute approximate surface area is 150 Å². The van der Waals surface area contributed by atoms with Crippen molar-refractivity contribution in [3.63, 3.8) is 0 Å². The van der Waals surface area contributed by atoms with Crippen LogP contribution in [0.25, 0.3) is 0 Å². The molecular formula is C15H9Cl3F3NO2. The summed E-state index contributed by atoms with van der Waals surface area (Å²) in [4.78, 5) is 11.8. The summed E-state index contributed by atoms with van der Waals surface area (Å²) in [7, 11) is 0. The molecule has 0 saturated carbocycles. The molecule has 2 aromatic carbocycles. The van der Waals surface area contributed by atoms with Gasteiger partial charge in [-0.05, 0) is 24.3 Å². The lowest BCUT2D eigenvalue weighted by Gasteiger charge is -2.11. The predicted octanol–water partition coefficient (Wildman–Crippen LogP) is 5.68. The maximum atomic E-state index is 12.6. The van der Waals surface area contributed by atoms with E-state index in [1.165, 1.54) is 24.3 Å². The van der Waals surface area contributed by atoms with Gasteiger partial charge in [0.05, 0.1) is 20.6 Å². The van der Waals surface area contributed by atoms with Crippen LogP contribution >= 0.6 is 34.8 Å². The van der Waals surface area contributed by atoms with Crippen LogP contribution in [0.1, 0.15) is 5.56 Å². The summed E-state index contributed by atoms with van der Waals surface area (Å²) in [6, 6.07) is 6.94. The maximum absolute atomic E-state index is 12.6. The summed E-state index contributed by atoms with van der Waals surface area (Å²) in [6.07, 6.45) is -4.50. The van der Waals surface area contributed by atoms with E-state index in [0.29, 0.717) is 0 Å². The summed E-state index contributed by atoms with van der Waals surface area (Å²) < 4.78 is 43.0. The number of hydrogen-bond acceptors (Lipinski definition) is 2. The topological polar surface area (TPSA) is 38.3 Å². The molecular weight excluding hydrogens is 390 g/mol. The number of nitrogens with one attached hydrogen (secondary N) is 1. The molecule has 3 nitrogen and oxygen atoms in total. The second kappa shape index (κ2) is 7.51. The van der Waals surface area contributed by atoms with E-state index in [0.717, 1.165) is 12.1 Å². The third kappa shape index (κ3) is 4.93. The van der Waals surface area contributed by atoms with Crippen LogP contribution in [0.3, 0.4) is 0 Å². The lowest BCUT2D eigenvalue weighted by molar-refractivity contribution is -0.137. The third-order valence-corrected chi connectivity index (χ3v) is 3.82. The summed E-state index contributed by atoms with van der Waals surface area (Å²) in [5.74, 6) is -0.526. The molecule has 0 radical (unpaired) electrons. The van der Waals surface area contributed by atoms with Crippen molar-refractivity contribution in [3.05, 3.63) is 57.0 Å². The van der Waals surface area contributed by atoms with Gasteiger partial charge in [0, 0.05) is 11.8 Å². The standard InChI is InChI=1S/C15H9Cl3F3NO2/c16-10-5-12(18)13(6-11(10)17)24-7-14(23)22-9-3-1-2-8(4-9)15(19,20)21/h1-6H,7H2,(H,22,23). The van der Waals surface area contributed by atoms with Crippen molar-refractivity contribution in [2.45, 2.75) is 6.18 Å². The summed E-state index contributed by atoms with van der Waals surface area (Å²) in [5, 5.41) is 2.87. The Balaban J connectivity index is 2.01. The Bertz CT molecular complexity index is 766. The van der Waals surface area contributed by atoms with Crippen LogP contribution in [-0.4, -0.2) is 12.5 Å². The number of benzene rings is 2. The van der Waals surface area contributed by atoms with Crippen molar-refractivity contribution in [1.29, 1.82) is 0 Å². The maximum Gasteiger partial charge on any atom is 0.416 e. The van der Waals surface area contributed by atoms with Gasteiger partial charge in [0.25, 0.3) is 5.91 Å². The molecule has 0 spiro atoms. The quantitative estimate of drug-likeness (QED) is 0.673. The van der Waals surface area contributed by atoms with E-state index < -0.39 is 24.3 Å². The molecule has 9 heteroatoms. The SMILES string of the molecule is O=C(COc1cc(Cl)c(Cl)cc1Cl)Nc1cccc(C(F)(F)F)c1. The van der Waals surface area contributed by atoms with Gasteiger partial charge in [0.2, 0.25) is 0 Å². The Kier molecular flexibility index (Phi) is 5.85. The van der Waals surface area contributed by atoms with Crippen LogP contribution in [0.2, 0.25) is 15.1 Å². The molecule has 0 unspecified atom stereocenters. The van der Waals surface area contributed by atoms with Crippen molar-refractivity contribution < 1.29 is 22.7 Å². The number of carbonyl (C=O) groups excluding carboxylic acids is 1. The molecule has 0 heterocycles. The number of hydrogen-bond donors (Lipinski definition) is 1. The minimum Gasteiger partial charge on any atom is -0.482 e. The minimum absolute atomic E-state index is 0.00124. The van der Waals surface area contributed by atoms with Crippen LogP contribution < -0.4 is 10.1 Å². The van der Waals surface area contributed by atoms with Gasteiger partial charge in [-0.15, -0.1) is 0 Å². The molecule has 0 atom stereocenters. The van der Waals surface area contributed by atoms with Gasteiger partial charge in [0.1, 0.15) is 5.75 Å². The van der Waals surface area contributed by atoms with Gasteiger partial charge in [0.15, 0.2) is 6.61 Å². The molecule has 0 fully saturated rings. The van der Waals surface area contributed by atoms with Crippen molar-refractivity contribution in [1.82, 2.24) is 0 Å². The Morgan fingerprint density at radius 2 is 1.71 bits per heavy atom. The molecule has 0 aliphatic carbocycles. The molecule has 128 valence electrons. The smallest absolute Gasteiger partial charge is 0.416 e. The van der Waals surface area contributed by atoms with Crippen molar-refractivity contribution in [2.24, 2.45) is 0 Å². The lowest BCUT2D eigenvalue weighted by atomic mass is 10.2. The van der Waals surface area contributed by atoms with Crippen molar-refractivity contribution in [3.8, 4) is 5.75 Å². The summed E-state index contributed by atoms with van der Waals surface area (Å²) in [5.41, 5.74) is -0.868.